The zero-order valence-electron chi connectivity index (χ0n) is 14.4. The molecule has 2 unspecified atom stereocenters. The van der Waals surface area contributed by atoms with Gasteiger partial charge < -0.3 is 5.11 Å². The van der Waals surface area contributed by atoms with Crippen LogP contribution < -0.4 is 0 Å². The Kier molecular flexibility index (Phi) is 4.00. The van der Waals surface area contributed by atoms with Gasteiger partial charge >= 0.3 is 5.97 Å². The number of fused-ring (bicyclic) bond motifs is 1. The van der Waals surface area contributed by atoms with Crippen LogP contribution >= 0.6 is 0 Å². The van der Waals surface area contributed by atoms with E-state index in [0.717, 1.165) is 24.0 Å². The van der Waals surface area contributed by atoms with Crippen molar-refractivity contribution in [3.05, 3.63) is 70.5 Å². The Morgan fingerprint density at radius 1 is 1.23 bits per heavy atom. The van der Waals surface area contributed by atoms with E-state index in [1.165, 1.54) is 24.3 Å². The molecule has 4 rings (SSSR count). The van der Waals surface area contributed by atoms with Gasteiger partial charge in [0.1, 0.15) is 5.82 Å². The molecule has 0 aromatic heterocycles. The second-order valence-electron chi connectivity index (χ2n) is 6.81. The molecule has 5 nitrogen and oxygen atoms in total. The summed E-state index contributed by atoms with van der Waals surface area (Å²) in [5, 5.41) is 12.9. The number of hydrogen-bond acceptors (Lipinski definition) is 3. The highest BCUT2D eigenvalue weighted by molar-refractivity contribution is 6.01. The first-order valence-corrected chi connectivity index (χ1v) is 8.70. The summed E-state index contributed by atoms with van der Waals surface area (Å²) in [5.74, 6) is -1.53. The van der Waals surface area contributed by atoms with E-state index < -0.39 is 5.97 Å². The van der Waals surface area contributed by atoms with E-state index in [1.54, 1.807) is 17.1 Å². The molecule has 2 atom stereocenters. The van der Waals surface area contributed by atoms with Crippen LogP contribution in [0.5, 0.6) is 0 Å². The number of carboxylic acid groups (broad SMARTS) is 1. The summed E-state index contributed by atoms with van der Waals surface area (Å²) >= 11 is 0. The quantitative estimate of drug-likeness (QED) is 0.911. The van der Waals surface area contributed by atoms with Crippen LogP contribution in [0.25, 0.3) is 0 Å². The highest BCUT2D eigenvalue weighted by Crippen LogP contribution is 2.42. The molecule has 6 heteroatoms. The first kappa shape index (κ1) is 16.7. The Bertz CT molecular complexity index is 898. The number of hydrogen-bond donors (Lipinski definition) is 1. The average molecular weight is 354 g/mol. The van der Waals surface area contributed by atoms with Crippen molar-refractivity contribution in [2.24, 2.45) is 0 Å². The van der Waals surface area contributed by atoms with Crippen LogP contribution in [0.2, 0.25) is 0 Å². The van der Waals surface area contributed by atoms with Crippen molar-refractivity contribution in [1.29, 1.82) is 0 Å². The highest BCUT2D eigenvalue weighted by atomic mass is 19.1. The predicted octanol–water partition coefficient (Wildman–Crippen LogP) is 3.79. The monoisotopic (exact) mass is 354 g/mol. The summed E-state index contributed by atoms with van der Waals surface area (Å²) < 4.78 is 13.7. The SMILES string of the molecule is CC1c2ccc(C(=O)O)cc2C(=O)N1N1CCCC1c1cccc(F)c1. The maximum atomic E-state index is 13.7. The van der Waals surface area contributed by atoms with Gasteiger partial charge in [0.25, 0.3) is 5.91 Å². The van der Waals surface area contributed by atoms with Crippen LogP contribution in [0.4, 0.5) is 4.39 Å². The summed E-state index contributed by atoms with van der Waals surface area (Å²) in [7, 11) is 0. The van der Waals surface area contributed by atoms with Gasteiger partial charge in [-0.05, 0) is 55.2 Å². The second kappa shape index (κ2) is 6.21. The second-order valence-corrected chi connectivity index (χ2v) is 6.81. The fourth-order valence-electron chi connectivity index (χ4n) is 4.07. The van der Waals surface area contributed by atoms with E-state index in [2.05, 4.69) is 0 Å². The highest BCUT2D eigenvalue weighted by Gasteiger charge is 2.42. The topological polar surface area (TPSA) is 60.9 Å². The lowest BCUT2D eigenvalue weighted by atomic mass is 10.0. The standard InChI is InChI=1S/C20H19FN2O3/c1-12-16-8-7-14(20(25)26)11-17(16)19(24)23(12)22-9-3-6-18(22)13-4-2-5-15(21)10-13/h2,4-5,7-8,10-12,18H,3,6,9H2,1H3,(H,25,26). The van der Waals surface area contributed by atoms with Gasteiger partial charge in [-0.25, -0.2) is 14.2 Å². The summed E-state index contributed by atoms with van der Waals surface area (Å²) in [4.78, 5) is 24.3. The molecule has 0 saturated carbocycles. The van der Waals surface area contributed by atoms with Crippen LogP contribution in [0.15, 0.2) is 42.5 Å². The molecule has 2 aliphatic rings. The minimum Gasteiger partial charge on any atom is -0.478 e. The molecule has 1 amide bonds. The maximum Gasteiger partial charge on any atom is 0.335 e. The third-order valence-electron chi connectivity index (χ3n) is 5.29. The zero-order valence-corrected chi connectivity index (χ0v) is 14.4. The van der Waals surface area contributed by atoms with Gasteiger partial charge in [-0.1, -0.05) is 18.2 Å². The molecule has 1 N–H and O–H groups in total. The molecule has 0 spiro atoms. The molecule has 134 valence electrons. The number of carbonyl (C=O) groups excluding carboxylic acids is 1. The fourth-order valence-corrected chi connectivity index (χ4v) is 4.07. The molecule has 0 radical (unpaired) electrons. The smallest absolute Gasteiger partial charge is 0.335 e. The number of rotatable bonds is 3. The van der Waals surface area contributed by atoms with Crippen molar-refractivity contribution in [3.8, 4) is 0 Å². The molecule has 2 heterocycles. The Morgan fingerprint density at radius 3 is 2.77 bits per heavy atom. The lowest BCUT2D eigenvalue weighted by Crippen LogP contribution is -2.43. The third kappa shape index (κ3) is 2.57. The first-order chi connectivity index (χ1) is 12.5. The lowest BCUT2D eigenvalue weighted by Gasteiger charge is -2.36. The van der Waals surface area contributed by atoms with Gasteiger partial charge in [-0.3, -0.25) is 9.80 Å². The Hall–Kier alpha value is -2.73. The molecule has 0 bridgehead atoms. The van der Waals surface area contributed by atoms with Crippen molar-refractivity contribution < 1.29 is 19.1 Å². The number of carbonyl (C=O) groups is 2. The molecule has 2 aromatic rings. The number of carboxylic acids is 1. The molecular formula is C20H19FN2O3. The van der Waals surface area contributed by atoms with E-state index in [0.29, 0.717) is 12.1 Å². The summed E-state index contributed by atoms with van der Waals surface area (Å²) in [6, 6.07) is 10.9. The number of halogens is 1. The van der Waals surface area contributed by atoms with E-state index in [9.17, 15) is 19.1 Å². The van der Waals surface area contributed by atoms with Gasteiger partial charge in [0.05, 0.1) is 17.6 Å². The number of aromatic carboxylic acids is 1. The van der Waals surface area contributed by atoms with E-state index >= 15 is 0 Å². The summed E-state index contributed by atoms with van der Waals surface area (Å²) in [6.45, 7) is 2.64. The van der Waals surface area contributed by atoms with Gasteiger partial charge in [0.2, 0.25) is 0 Å². The number of amides is 1. The first-order valence-electron chi connectivity index (χ1n) is 8.70. The normalized spacial score (nSPS) is 22.7. The van der Waals surface area contributed by atoms with Crippen molar-refractivity contribution in [1.82, 2.24) is 10.0 Å². The van der Waals surface area contributed by atoms with Crippen LogP contribution in [0, 0.1) is 5.82 Å². The molecule has 2 aromatic carbocycles. The molecule has 1 fully saturated rings. The molecular weight excluding hydrogens is 335 g/mol. The van der Waals surface area contributed by atoms with Crippen LogP contribution in [-0.2, 0) is 0 Å². The van der Waals surface area contributed by atoms with Crippen LogP contribution in [-0.4, -0.2) is 33.5 Å². The minimum absolute atomic E-state index is 0.0645. The van der Waals surface area contributed by atoms with Gasteiger partial charge in [0, 0.05) is 12.1 Å². The van der Waals surface area contributed by atoms with Crippen LogP contribution in [0.1, 0.15) is 63.7 Å². The predicted molar refractivity (Wildman–Crippen MR) is 93.1 cm³/mol. The molecule has 2 aliphatic heterocycles. The average Bonchev–Trinajstić information content (AvgIpc) is 3.18. The van der Waals surface area contributed by atoms with E-state index in [4.69, 9.17) is 0 Å². The largest absolute Gasteiger partial charge is 0.478 e. The summed E-state index contributed by atoms with van der Waals surface area (Å²) in [6.07, 6.45) is 1.76. The maximum absolute atomic E-state index is 13.7. The van der Waals surface area contributed by atoms with Crippen molar-refractivity contribution in [3.63, 3.8) is 0 Å². The molecule has 26 heavy (non-hydrogen) atoms. The van der Waals surface area contributed by atoms with E-state index in [-0.39, 0.29) is 29.4 Å². The van der Waals surface area contributed by atoms with Crippen molar-refractivity contribution in [2.75, 3.05) is 6.54 Å². The van der Waals surface area contributed by atoms with Gasteiger partial charge in [-0.15, -0.1) is 0 Å². The number of hydrazine groups is 1. The van der Waals surface area contributed by atoms with Gasteiger partial charge in [0.15, 0.2) is 0 Å². The lowest BCUT2D eigenvalue weighted by molar-refractivity contribution is -0.0359. The zero-order chi connectivity index (χ0) is 18.4. The fraction of sp³-hybridized carbons (Fsp3) is 0.300. The minimum atomic E-state index is -1.05. The number of benzene rings is 2. The van der Waals surface area contributed by atoms with Gasteiger partial charge in [-0.2, -0.15) is 0 Å². The number of nitrogens with zero attached hydrogens (tertiary/aromatic N) is 2. The third-order valence-corrected chi connectivity index (χ3v) is 5.29. The summed E-state index contributed by atoms with van der Waals surface area (Å²) in [5.41, 5.74) is 2.21. The van der Waals surface area contributed by atoms with E-state index in [1.807, 2.05) is 18.0 Å². The van der Waals surface area contributed by atoms with Crippen LogP contribution in [0.3, 0.4) is 0 Å². The molecule has 1 saturated heterocycles. The van der Waals surface area contributed by atoms with Crippen molar-refractivity contribution in [2.45, 2.75) is 31.8 Å². The Labute approximate surface area is 150 Å². The van der Waals surface area contributed by atoms with Crippen molar-refractivity contribution >= 4 is 11.9 Å². The Morgan fingerprint density at radius 2 is 2.04 bits per heavy atom. The molecule has 0 aliphatic carbocycles. The Balaban J connectivity index is 1.69.